The number of likely N-dealkylation sites (tertiary alicyclic amines) is 1. The second-order valence-corrected chi connectivity index (χ2v) is 5.83. The number of nitrogens with one attached hydrogen (secondary N) is 1. The molecular weight excluding hydrogens is 244 g/mol. The summed E-state index contributed by atoms with van der Waals surface area (Å²) >= 11 is 0. The third-order valence-corrected chi connectivity index (χ3v) is 3.69. The van der Waals surface area contributed by atoms with Crippen LogP contribution in [0.4, 0.5) is 4.79 Å². The zero-order chi connectivity index (χ0) is 14.4. The largest absolute Gasteiger partial charge is 0.480 e. The molecule has 0 saturated carbocycles. The summed E-state index contributed by atoms with van der Waals surface area (Å²) in [6, 6.07) is -1.01. The van der Waals surface area contributed by atoms with Gasteiger partial charge in [0.05, 0.1) is 0 Å². The van der Waals surface area contributed by atoms with Crippen molar-refractivity contribution in [2.45, 2.75) is 52.5 Å². The van der Waals surface area contributed by atoms with E-state index in [1.807, 2.05) is 13.8 Å². The second kappa shape index (κ2) is 7.36. The van der Waals surface area contributed by atoms with Gasteiger partial charge < -0.3 is 15.3 Å². The van der Waals surface area contributed by atoms with Gasteiger partial charge in [0.15, 0.2) is 0 Å². The van der Waals surface area contributed by atoms with Crippen molar-refractivity contribution in [3.63, 3.8) is 0 Å². The van der Waals surface area contributed by atoms with E-state index in [9.17, 15) is 9.59 Å². The minimum Gasteiger partial charge on any atom is -0.480 e. The van der Waals surface area contributed by atoms with Crippen LogP contribution in [0.1, 0.15) is 46.5 Å². The van der Waals surface area contributed by atoms with Gasteiger partial charge in [0, 0.05) is 13.1 Å². The minimum absolute atomic E-state index is 0.230. The van der Waals surface area contributed by atoms with Gasteiger partial charge in [-0.2, -0.15) is 0 Å². The van der Waals surface area contributed by atoms with E-state index in [1.54, 1.807) is 4.90 Å². The van der Waals surface area contributed by atoms with Crippen LogP contribution in [-0.4, -0.2) is 41.1 Å². The molecule has 1 aliphatic heterocycles. The molecule has 1 rings (SSSR count). The zero-order valence-electron chi connectivity index (χ0n) is 12.2. The average Bonchev–Trinajstić information content (AvgIpc) is 2.37. The molecule has 1 heterocycles. The molecular formula is C14H26N2O3. The van der Waals surface area contributed by atoms with Crippen molar-refractivity contribution in [3.8, 4) is 0 Å². The Labute approximate surface area is 115 Å². The normalized spacial score (nSPS) is 21.3. The number of carbonyl (C=O) groups excluding carboxylic acids is 1. The molecule has 110 valence electrons. The van der Waals surface area contributed by atoms with Gasteiger partial charge in [-0.3, -0.25) is 0 Å². The van der Waals surface area contributed by atoms with Crippen LogP contribution in [0.15, 0.2) is 0 Å². The fourth-order valence-corrected chi connectivity index (χ4v) is 2.52. The number of hydrogen-bond donors (Lipinski definition) is 2. The molecule has 1 saturated heterocycles. The number of rotatable bonds is 5. The molecule has 2 amide bonds. The fourth-order valence-electron chi connectivity index (χ4n) is 2.52. The first kappa shape index (κ1) is 15.8. The number of carboxylic acids is 1. The topological polar surface area (TPSA) is 69.6 Å². The molecule has 2 N–H and O–H groups in total. The maximum absolute atomic E-state index is 12.1. The molecule has 0 aliphatic carbocycles. The van der Waals surface area contributed by atoms with E-state index < -0.39 is 12.0 Å². The predicted molar refractivity (Wildman–Crippen MR) is 74.0 cm³/mol. The number of aliphatic carboxylic acids is 1. The third-order valence-electron chi connectivity index (χ3n) is 3.69. The lowest BCUT2D eigenvalue weighted by Gasteiger charge is -2.33. The number of urea groups is 1. The molecule has 0 aromatic carbocycles. The highest BCUT2D eigenvalue weighted by Gasteiger charge is 2.27. The van der Waals surface area contributed by atoms with E-state index in [2.05, 4.69) is 12.2 Å². The first-order chi connectivity index (χ1) is 8.93. The van der Waals surface area contributed by atoms with E-state index in [-0.39, 0.29) is 11.9 Å². The van der Waals surface area contributed by atoms with Gasteiger partial charge in [0.1, 0.15) is 6.04 Å². The van der Waals surface area contributed by atoms with Gasteiger partial charge in [-0.15, -0.1) is 0 Å². The van der Waals surface area contributed by atoms with Crippen LogP contribution >= 0.6 is 0 Å². The van der Waals surface area contributed by atoms with Crippen molar-refractivity contribution in [2.75, 3.05) is 13.1 Å². The summed E-state index contributed by atoms with van der Waals surface area (Å²) in [5.41, 5.74) is 0. The Morgan fingerprint density at radius 3 is 2.63 bits per heavy atom. The first-order valence-corrected chi connectivity index (χ1v) is 7.22. The van der Waals surface area contributed by atoms with Gasteiger partial charge >= 0.3 is 12.0 Å². The van der Waals surface area contributed by atoms with Crippen molar-refractivity contribution < 1.29 is 14.7 Å². The molecule has 1 aliphatic rings. The molecule has 2 atom stereocenters. The zero-order valence-corrected chi connectivity index (χ0v) is 12.2. The average molecular weight is 270 g/mol. The van der Waals surface area contributed by atoms with Crippen LogP contribution in [-0.2, 0) is 4.79 Å². The minimum atomic E-state index is -0.953. The lowest BCUT2D eigenvalue weighted by molar-refractivity contribution is -0.139. The van der Waals surface area contributed by atoms with E-state index in [0.29, 0.717) is 12.3 Å². The van der Waals surface area contributed by atoms with Gasteiger partial charge in [-0.05, 0) is 31.1 Å². The SMILES string of the molecule is CCC1CCCN(C(=O)N[C@@H](CC(C)C)C(=O)O)C1. The standard InChI is InChI=1S/C14H26N2O3/c1-4-11-6-5-7-16(9-11)14(19)15-12(13(17)18)8-10(2)3/h10-12H,4-9H2,1-3H3,(H,15,19)(H,17,18)/t11?,12-/m0/s1. The number of amides is 2. The smallest absolute Gasteiger partial charge is 0.326 e. The second-order valence-electron chi connectivity index (χ2n) is 5.83. The van der Waals surface area contributed by atoms with E-state index in [1.165, 1.54) is 0 Å². The van der Waals surface area contributed by atoms with Crippen molar-refractivity contribution in [2.24, 2.45) is 11.8 Å². The molecule has 0 spiro atoms. The van der Waals surface area contributed by atoms with Gasteiger partial charge in [0.2, 0.25) is 0 Å². The molecule has 19 heavy (non-hydrogen) atoms. The van der Waals surface area contributed by atoms with Crippen LogP contribution < -0.4 is 5.32 Å². The highest BCUT2D eigenvalue weighted by Crippen LogP contribution is 2.19. The Morgan fingerprint density at radius 1 is 1.42 bits per heavy atom. The molecule has 5 nitrogen and oxygen atoms in total. The van der Waals surface area contributed by atoms with Crippen LogP contribution in [0.2, 0.25) is 0 Å². The number of hydrogen-bond acceptors (Lipinski definition) is 2. The van der Waals surface area contributed by atoms with Gasteiger partial charge in [-0.25, -0.2) is 9.59 Å². The van der Waals surface area contributed by atoms with E-state index >= 15 is 0 Å². The lowest BCUT2D eigenvalue weighted by Crippen LogP contribution is -2.51. The molecule has 5 heteroatoms. The summed E-state index contributed by atoms with van der Waals surface area (Å²) in [5, 5.41) is 11.8. The summed E-state index contributed by atoms with van der Waals surface area (Å²) in [4.78, 5) is 25.0. The quantitative estimate of drug-likeness (QED) is 0.805. The van der Waals surface area contributed by atoms with Crippen LogP contribution in [0.25, 0.3) is 0 Å². The molecule has 1 fully saturated rings. The Bertz CT molecular complexity index is 318. The predicted octanol–water partition coefficient (Wildman–Crippen LogP) is 2.32. The Morgan fingerprint density at radius 2 is 2.11 bits per heavy atom. The highest BCUT2D eigenvalue weighted by molar-refractivity contribution is 5.82. The molecule has 0 radical (unpaired) electrons. The Hall–Kier alpha value is -1.26. The fraction of sp³-hybridized carbons (Fsp3) is 0.857. The van der Waals surface area contributed by atoms with Crippen molar-refractivity contribution >= 4 is 12.0 Å². The Balaban J connectivity index is 2.53. The third kappa shape index (κ3) is 5.09. The van der Waals surface area contributed by atoms with Gasteiger partial charge in [0.25, 0.3) is 0 Å². The Kier molecular flexibility index (Phi) is 6.12. The molecule has 0 bridgehead atoms. The highest BCUT2D eigenvalue weighted by atomic mass is 16.4. The van der Waals surface area contributed by atoms with Crippen molar-refractivity contribution in [1.82, 2.24) is 10.2 Å². The maximum Gasteiger partial charge on any atom is 0.326 e. The number of piperidine rings is 1. The summed E-state index contributed by atoms with van der Waals surface area (Å²) in [7, 11) is 0. The molecule has 1 unspecified atom stereocenters. The number of carbonyl (C=O) groups is 2. The van der Waals surface area contributed by atoms with Crippen molar-refractivity contribution in [3.05, 3.63) is 0 Å². The summed E-state index contributed by atoms with van der Waals surface area (Å²) < 4.78 is 0. The first-order valence-electron chi connectivity index (χ1n) is 7.22. The van der Waals surface area contributed by atoms with Crippen molar-refractivity contribution in [1.29, 1.82) is 0 Å². The van der Waals surface area contributed by atoms with Crippen LogP contribution in [0.3, 0.4) is 0 Å². The maximum atomic E-state index is 12.1. The monoisotopic (exact) mass is 270 g/mol. The molecule has 0 aromatic rings. The van der Waals surface area contributed by atoms with E-state index in [0.717, 1.165) is 32.4 Å². The number of carboxylic acid groups (broad SMARTS) is 1. The van der Waals surface area contributed by atoms with E-state index in [4.69, 9.17) is 5.11 Å². The van der Waals surface area contributed by atoms with Crippen LogP contribution in [0, 0.1) is 11.8 Å². The lowest BCUT2D eigenvalue weighted by atomic mass is 9.96. The number of nitrogens with zero attached hydrogens (tertiary/aromatic N) is 1. The summed E-state index contributed by atoms with van der Waals surface area (Å²) in [6.07, 6.45) is 3.70. The summed E-state index contributed by atoms with van der Waals surface area (Å²) in [6.45, 7) is 7.52. The van der Waals surface area contributed by atoms with Gasteiger partial charge in [-0.1, -0.05) is 27.2 Å². The molecule has 0 aromatic heterocycles. The summed E-state index contributed by atoms with van der Waals surface area (Å²) in [5.74, 6) is -0.162. The van der Waals surface area contributed by atoms with Crippen LogP contribution in [0.5, 0.6) is 0 Å².